The molecule has 2 heterocycles. The minimum Gasteiger partial charge on any atom is -0.454 e. The lowest BCUT2D eigenvalue weighted by Crippen LogP contribution is -2.13. The van der Waals surface area contributed by atoms with Crippen LogP contribution in [0.25, 0.3) is 10.9 Å². The van der Waals surface area contributed by atoms with Crippen LogP contribution in [0.4, 0.5) is 23.2 Å². The van der Waals surface area contributed by atoms with Gasteiger partial charge in [0.05, 0.1) is 23.0 Å². The van der Waals surface area contributed by atoms with Gasteiger partial charge in [0.15, 0.2) is 16.6 Å². The third-order valence-electron chi connectivity index (χ3n) is 4.61. The van der Waals surface area contributed by atoms with Crippen molar-refractivity contribution < 1.29 is 30.7 Å². The number of hydrogen-bond donors (Lipinski definition) is 2. The molecule has 0 unspecified atom stereocenters. The van der Waals surface area contributed by atoms with Crippen LogP contribution >= 0.6 is 0 Å². The fraction of sp³-hybridized carbons (Fsp3) is 0.143. The first-order valence-corrected chi connectivity index (χ1v) is 10.9. The summed E-state index contributed by atoms with van der Waals surface area (Å²) in [5, 5.41) is -0.144. The van der Waals surface area contributed by atoms with E-state index in [2.05, 4.69) is 19.7 Å². The predicted octanol–water partition coefficient (Wildman–Crippen LogP) is 5.33. The lowest BCUT2D eigenvalue weighted by Gasteiger charge is -2.14. The van der Waals surface area contributed by atoms with Crippen molar-refractivity contribution in [3.63, 3.8) is 0 Å². The molecule has 0 atom stereocenters. The fourth-order valence-corrected chi connectivity index (χ4v) is 4.18. The van der Waals surface area contributed by atoms with Crippen LogP contribution in [0.5, 0.6) is 11.5 Å². The van der Waals surface area contributed by atoms with Gasteiger partial charge in [-0.3, -0.25) is 9.71 Å². The van der Waals surface area contributed by atoms with Crippen molar-refractivity contribution in [2.24, 2.45) is 0 Å². The number of hydrogen-bond acceptors (Lipinski definition) is 5. The molecule has 0 fully saturated rings. The summed E-state index contributed by atoms with van der Waals surface area (Å²) in [6.45, 7) is 3.07. The topological polar surface area (TPSA) is 97.0 Å². The van der Waals surface area contributed by atoms with Crippen molar-refractivity contribution in [2.75, 3.05) is 4.72 Å². The third kappa shape index (κ3) is 4.60. The Morgan fingerprint density at radius 3 is 2.45 bits per heavy atom. The molecule has 2 aromatic heterocycles. The summed E-state index contributed by atoms with van der Waals surface area (Å²) in [7, 11) is -4.02. The molecule has 33 heavy (non-hydrogen) atoms. The number of ether oxygens (including phenoxy) is 1. The van der Waals surface area contributed by atoms with E-state index in [1.165, 1.54) is 37.3 Å². The number of benzene rings is 2. The molecule has 2 N–H and O–H groups in total. The number of aromatic amines is 1. The van der Waals surface area contributed by atoms with Crippen LogP contribution in [-0.4, -0.2) is 23.4 Å². The van der Waals surface area contributed by atoms with Crippen LogP contribution in [0.2, 0.25) is 0 Å². The molecule has 7 nitrogen and oxygen atoms in total. The van der Waals surface area contributed by atoms with Gasteiger partial charge in [-0.25, -0.2) is 9.37 Å². The van der Waals surface area contributed by atoms with Gasteiger partial charge in [0, 0.05) is 23.2 Å². The maximum atomic E-state index is 14.7. The van der Waals surface area contributed by atoms with Crippen LogP contribution in [0.15, 0.2) is 53.7 Å². The highest BCUT2D eigenvalue weighted by Gasteiger charge is 2.33. The Hall–Kier alpha value is -3.67. The number of alkyl halides is 3. The number of aromatic nitrogens is 3. The molecule has 0 amide bonds. The molecule has 12 heteroatoms. The molecule has 2 aromatic carbocycles. The first kappa shape index (κ1) is 22.5. The van der Waals surface area contributed by atoms with Gasteiger partial charge in [0.25, 0.3) is 10.0 Å². The molecule has 0 radical (unpaired) electrons. The van der Waals surface area contributed by atoms with Crippen LogP contribution in [-0.2, 0) is 16.2 Å². The van der Waals surface area contributed by atoms with Crippen molar-refractivity contribution >= 4 is 26.6 Å². The highest BCUT2D eigenvalue weighted by atomic mass is 32.2. The van der Waals surface area contributed by atoms with Crippen molar-refractivity contribution in [3.05, 3.63) is 71.6 Å². The summed E-state index contributed by atoms with van der Waals surface area (Å²) in [5.74, 6) is -0.868. The smallest absolute Gasteiger partial charge is 0.418 e. The summed E-state index contributed by atoms with van der Waals surface area (Å²) in [6.07, 6.45) is -3.51. The van der Waals surface area contributed by atoms with Crippen LogP contribution in [0, 0.1) is 19.7 Å². The van der Waals surface area contributed by atoms with Gasteiger partial charge in [-0.05, 0) is 38.1 Å². The number of para-hydroxylation sites is 1. The van der Waals surface area contributed by atoms with Gasteiger partial charge in [-0.1, -0.05) is 6.07 Å². The lowest BCUT2D eigenvalue weighted by molar-refractivity contribution is -0.136. The average molecular weight is 480 g/mol. The molecule has 4 aromatic rings. The van der Waals surface area contributed by atoms with Gasteiger partial charge in [0.1, 0.15) is 11.6 Å². The summed E-state index contributed by atoms with van der Waals surface area (Å²) in [4.78, 5) is 10.4. The molecular weight excluding hydrogens is 464 g/mol. The van der Waals surface area contributed by atoms with Crippen molar-refractivity contribution in [3.8, 4) is 11.5 Å². The number of aryl methyl sites for hydroxylation is 2. The van der Waals surface area contributed by atoms with E-state index in [0.717, 1.165) is 18.3 Å². The first-order valence-electron chi connectivity index (χ1n) is 9.43. The number of nitrogens with zero attached hydrogens (tertiary/aromatic N) is 2. The zero-order chi connectivity index (χ0) is 24.0. The Labute approximate surface area is 185 Å². The van der Waals surface area contributed by atoms with Crippen LogP contribution in [0.3, 0.4) is 0 Å². The molecule has 0 aliphatic rings. The van der Waals surface area contributed by atoms with Crippen molar-refractivity contribution in [1.82, 2.24) is 15.0 Å². The quantitative estimate of drug-likeness (QED) is 0.377. The summed E-state index contributed by atoms with van der Waals surface area (Å²) >= 11 is 0. The predicted molar refractivity (Wildman–Crippen MR) is 112 cm³/mol. The Morgan fingerprint density at radius 2 is 1.82 bits per heavy atom. The van der Waals surface area contributed by atoms with Crippen LogP contribution in [0.1, 0.15) is 17.1 Å². The second-order valence-corrected chi connectivity index (χ2v) is 8.80. The maximum absolute atomic E-state index is 14.7. The summed E-state index contributed by atoms with van der Waals surface area (Å²) in [5.41, 5.74) is -1.09. The van der Waals surface area contributed by atoms with Gasteiger partial charge >= 0.3 is 6.18 Å². The monoisotopic (exact) mass is 480 g/mol. The molecule has 0 bridgehead atoms. The van der Waals surface area contributed by atoms with E-state index < -0.39 is 27.6 Å². The number of fused-ring (bicyclic) bond motifs is 1. The second-order valence-electron chi connectivity index (χ2n) is 7.15. The molecule has 0 spiro atoms. The number of imidazole rings is 1. The van der Waals surface area contributed by atoms with E-state index >= 15 is 0 Å². The van der Waals surface area contributed by atoms with Crippen molar-refractivity contribution in [1.29, 1.82) is 0 Å². The Kier molecular flexibility index (Phi) is 5.48. The maximum Gasteiger partial charge on any atom is 0.418 e. The molecule has 4 rings (SSSR count). The highest BCUT2D eigenvalue weighted by Crippen LogP contribution is 2.38. The summed E-state index contributed by atoms with van der Waals surface area (Å²) < 4.78 is 87.3. The van der Waals surface area contributed by atoms with Gasteiger partial charge < -0.3 is 9.72 Å². The standard InChI is InChI=1S/C21H16F4N4O3S/c1-11-8-18(14-4-3-5-15(20(14)27-11)21(23,24)25)32-17-7-6-13(9-16(17)22)29-33(30,31)19-10-26-12(2)28-19/h3-10,29H,1-2H3,(H,26,28). The zero-order valence-corrected chi connectivity index (χ0v) is 18.0. The molecule has 0 aliphatic heterocycles. The Morgan fingerprint density at radius 1 is 1.06 bits per heavy atom. The number of nitrogens with one attached hydrogen (secondary N) is 2. The lowest BCUT2D eigenvalue weighted by atomic mass is 10.1. The van der Waals surface area contributed by atoms with E-state index in [1.54, 1.807) is 6.92 Å². The third-order valence-corrected chi connectivity index (χ3v) is 5.90. The SMILES string of the molecule is Cc1cc(Oc2ccc(NS(=O)(=O)c3cnc(C)[nH]3)cc2F)c2cccc(C(F)(F)F)c2n1. The van der Waals surface area contributed by atoms with Gasteiger partial charge in [-0.15, -0.1) is 0 Å². The van der Waals surface area contributed by atoms with E-state index in [1.807, 2.05) is 0 Å². The van der Waals surface area contributed by atoms with Gasteiger partial charge in [0.2, 0.25) is 0 Å². The minimum atomic E-state index is -4.63. The van der Waals surface area contributed by atoms with E-state index in [0.29, 0.717) is 5.82 Å². The number of halogens is 4. The number of sulfonamides is 1. The fourth-order valence-electron chi connectivity index (χ4n) is 3.16. The largest absolute Gasteiger partial charge is 0.454 e. The molecule has 0 aliphatic carbocycles. The average Bonchev–Trinajstić information content (AvgIpc) is 3.16. The number of anilines is 1. The number of H-pyrrole nitrogens is 1. The molecule has 0 saturated heterocycles. The molecule has 0 saturated carbocycles. The van der Waals surface area contributed by atoms with Crippen molar-refractivity contribution in [2.45, 2.75) is 25.0 Å². The Bertz CT molecular complexity index is 1470. The van der Waals surface area contributed by atoms with Crippen LogP contribution < -0.4 is 9.46 Å². The number of rotatable bonds is 5. The number of pyridine rings is 1. The minimum absolute atomic E-state index is 0.0243. The molecular formula is C21H16F4N4O3S. The Balaban J connectivity index is 1.67. The van der Waals surface area contributed by atoms with Gasteiger partial charge in [-0.2, -0.15) is 21.6 Å². The second kappa shape index (κ2) is 8.03. The van der Waals surface area contributed by atoms with E-state index in [9.17, 15) is 26.0 Å². The summed E-state index contributed by atoms with van der Waals surface area (Å²) in [6, 6.07) is 8.21. The van der Waals surface area contributed by atoms with E-state index in [4.69, 9.17) is 4.74 Å². The molecule has 172 valence electrons. The van der Waals surface area contributed by atoms with E-state index in [-0.39, 0.29) is 38.8 Å². The first-order chi connectivity index (χ1) is 15.4. The normalized spacial score (nSPS) is 12.2. The highest BCUT2D eigenvalue weighted by molar-refractivity contribution is 7.92. The zero-order valence-electron chi connectivity index (χ0n) is 17.2.